The molecule has 0 rings (SSSR count). The molecule has 0 fully saturated rings. The Hall–Kier alpha value is -1.58. The summed E-state index contributed by atoms with van der Waals surface area (Å²) in [6.45, 7) is 1.73. The molecule has 0 aromatic carbocycles. The molecule has 0 bridgehead atoms. The van der Waals surface area contributed by atoms with Crippen LogP contribution in [-0.4, -0.2) is 62.9 Å². The third kappa shape index (κ3) is 19.6. The van der Waals surface area contributed by atoms with Crippen LogP contribution in [0, 0.1) is 0 Å². The molecule has 0 aromatic rings. The van der Waals surface area contributed by atoms with Gasteiger partial charge in [0.15, 0.2) is 0 Å². The summed E-state index contributed by atoms with van der Waals surface area (Å²) in [4.78, 5) is 33.2. The number of carboxylic acid groups (broad SMARTS) is 2. The normalized spacial score (nSPS) is 14.2. The number of aliphatic hydroxyl groups is 1. The number of aliphatic carboxylic acids is 2. The predicted molar refractivity (Wildman–Crippen MR) is 133 cm³/mol. The minimum atomic E-state index is -1.15. The van der Waals surface area contributed by atoms with E-state index in [0.29, 0.717) is 0 Å². The smallest absolute Gasteiger partial charge is 0.322 e. The number of thioether (sulfide) groups is 1. The molecular formula is C24H44N2O6S. The Kier molecular flexibility index (Phi) is 20.0. The van der Waals surface area contributed by atoms with E-state index in [4.69, 9.17) is 15.9 Å². The SMILES string of the molecule is CCCCCCCCCCCCC=C[C@@H](SCC(N)C(=O)NCC(=O)O)[C@@H](O)CCC(=O)O. The Morgan fingerprint density at radius 3 is 2.06 bits per heavy atom. The molecule has 1 amide bonds. The monoisotopic (exact) mass is 488 g/mol. The van der Waals surface area contributed by atoms with Crippen LogP contribution in [0.2, 0.25) is 0 Å². The Bertz CT molecular complexity index is 573. The van der Waals surface area contributed by atoms with E-state index in [-0.39, 0.29) is 23.8 Å². The van der Waals surface area contributed by atoms with Crippen molar-refractivity contribution in [3.8, 4) is 0 Å². The molecule has 192 valence electrons. The van der Waals surface area contributed by atoms with Gasteiger partial charge in [0.25, 0.3) is 0 Å². The van der Waals surface area contributed by atoms with Crippen LogP contribution in [0.15, 0.2) is 12.2 Å². The standard InChI is InChI=1S/C24H44N2O6S/c1-2-3-4-5-6-7-8-9-10-11-12-13-14-21(20(27)15-16-22(28)29)33-18-19(25)24(32)26-17-23(30)31/h13-14,19-21,27H,2-12,15-18,25H2,1H3,(H,26,32)(H,28,29)(H,30,31)/t19?,20-,21+/m0/s1. The largest absolute Gasteiger partial charge is 0.481 e. The molecule has 0 aliphatic rings. The zero-order valence-corrected chi connectivity index (χ0v) is 20.9. The first-order chi connectivity index (χ1) is 15.8. The van der Waals surface area contributed by atoms with Crippen molar-refractivity contribution in [1.29, 1.82) is 0 Å². The molecule has 9 heteroatoms. The lowest BCUT2D eigenvalue weighted by molar-refractivity contribution is -0.138. The van der Waals surface area contributed by atoms with Gasteiger partial charge in [-0.15, -0.1) is 11.8 Å². The first-order valence-corrected chi connectivity index (χ1v) is 13.3. The van der Waals surface area contributed by atoms with Gasteiger partial charge in [-0.3, -0.25) is 14.4 Å². The maximum atomic E-state index is 11.8. The lowest BCUT2D eigenvalue weighted by atomic mass is 10.1. The van der Waals surface area contributed by atoms with Crippen LogP contribution in [-0.2, 0) is 14.4 Å². The zero-order chi connectivity index (χ0) is 24.9. The number of aliphatic hydroxyl groups excluding tert-OH is 1. The number of carbonyl (C=O) groups excluding carboxylic acids is 1. The van der Waals surface area contributed by atoms with E-state index in [1.807, 2.05) is 12.2 Å². The molecule has 0 aliphatic heterocycles. The molecule has 33 heavy (non-hydrogen) atoms. The molecule has 0 saturated carbocycles. The van der Waals surface area contributed by atoms with E-state index in [9.17, 15) is 19.5 Å². The van der Waals surface area contributed by atoms with Crippen LogP contribution in [0.4, 0.5) is 0 Å². The molecule has 6 N–H and O–H groups in total. The van der Waals surface area contributed by atoms with Crippen LogP contribution in [0.5, 0.6) is 0 Å². The highest BCUT2D eigenvalue weighted by atomic mass is 32.2. The van der Waals surface area contributed by atoms with Crippen molar-refractivity contribution < 1.29 is 29.7 Å². The fourth-order valence-electron chi connectivity index (χ4n) is 3.29. The fraction of sp³-hybridized carbons (Fsp3) is 0.792. The number of carboxylic acids is 2. The summed E-state index contributed by atoms with van der Waals surface area (Å²) in [5, 5.41) is 29.8. The third-order valence-corrected chi connectivity index (χ3v) is 6.71. The highest BCUT2D eigenvalue weighted by Crippen LogP contribution is 2.21. The summed E-state index contributed by atoms with van der Waals surface area (Å²) in [6, 6.07) is -0.918. The Morgan fingerprint density at radius 1 is 0.939 bits per heavy atom. The third-order valence-electron chi connectivity index (χ3n) is 5.30. The Labute approximate surface area is 202 Å². The number of nitrogens with one attached hydrogen (secondary N) is 1. The van der Waals surface area contributed by atoms with Gasteiger partial charge in [0, 0.05) is 17.4 Å². The second-order valence-corrected chi connectivity index (χ2v) is 9.63. The lowest BCUT2D eigenvalue weighted by Gasteiger charge is -2.21. The average molecular weight is 489 g/mol. The maximum Gasteiger partial charge on any atom is 0.322 e. The molecule has 0 aliphatic carbocycles. The molecule has 1 unspecified atom stereocenters. The van der Waals surface area contributed by atoms with Gasteiger partial charge in [0.1, 0.15) is 6.54 Å². The topological polar surface area (TPSA) is 150 Å². The number of nitrogens with two attached hydrogens (primary N) is 1. The summed E-state index contributed by atoms with van der Waals surface area (Å²) in [6.07, 6.45) is 16.5. The van der Waals surface area contributed by atoms with Crippen LogP contribution in [0.1, 0.15) is 90.4 Å². The van der Waals surface area contributed by atoms with Gasteiger partial charge in [-0.05, 0) is 19.3 Å². The molecule has 8 nitrogen and oxygen atoms in total. The second kappa shape index (κ2) is 21.0. The predicted octanol–water partition coefficient (Wildman–Crippen LogP) is 3.71. The number of unbranched alkanes of at least 4 members (excludes halogenated alkanes) is 10. The minimum Gasteiger partial charge on any atom is -0.481 e. The lowest BCUT2D eigenvalue weighted by Crippen LogP contribution is -2.44. The average Bonchev–Trinajstić information content (AvgIpc) is 2.78. The van der Waals surface area contributed by atoms with E-state index in [0.717, 1.165) is 19.3 Å². The Balaban J connectivity index is 4.32. The van der Waals surface area contributed by atoms with E-state index < -0.39 is 36.5 Å². The number of amides is 1. The summed E-state index contributed by atoms with van der Waals surface area (Å²) in [5.74, 6) is -2.52. The molecule has 0 aromatic heterocycles. The number of hydrogen-bond donors (Lipinski definition) is 5. The van der Waals surface area contributed by atoms with Crippen LogP contribution >= 0.6 is 11.8 Å². The second-order valence-electron chi connectivity index (χ2n) is 8.41. The quantitative estimate of drug-likeness (QED) is 0.114. The van der Waals surface area contributed by atoms with Crippen molar-refractivity contribution in [1.82, 2.24) is 5.32 Å². The molecule has 0 saturated heterocycles. The van der Waals surface area contributed by atoms with Gasteiger partial charge < -0.3 is 26.4 Å². The number of allylic oxidation sites excluding steroid dienone is 1. The van der Waals surface area contributed by atoms with Crippen molar-refractivity contribution in [3.63, 3.8) is 0 Å². The van der Waals surface area contributed by atoms with Crippen molar-refractivity contribution >= 4 is 29.6 Å². The first-order valence-electron chi connectivity index (χ1n) is 12.2. The van der Waals surface area contributed by atoms with Gasteiger partial charge in [-0.2, -0.15) is 0 Å². The fourth-order valence-corrected chi connectivity index (χ4v) is 4.46. The van der Waals surface area contributed by atoms with Crippen molar-refractivity contribution in [2.75, 3.05) is 12.3 Å². The Morgan fingerprint density at radius 2 is 1.52 bits per heavy atom. The molecule has 0 heterocycles. The van der Waals surface area contributed by atoms with Gasteiger partial charge in [-0.1, -0.05) is 76.9 Å². The molecular weight excluding hydrogens is 444 g/mol. The number of carbonyl (C=O) groups is 3. The van der Waals surface area contributed by atoms with Gasteiger partial charge in [-0.25, -0.2) is 0 Å². The van der Waals surface area contributed by atoms with Gasteiger partial charge in [0.2, 0.25) is 5.91 Å². The minimum absolute atomic E-state index is 0.107. The zero-order valence-electron chi connectivity index (χ0n) is 20.0. The van der Waals surface area contributed by atoms with Crippen LogP contribution in [0.25, 0.3) is 0 Å². The highest BCUT2D eigenvalue weighted by Gasteiger charge is 2.21. The number of hydrogen-bond acceptors (Lipinski definition) is 6. The summed E-state index contributed by atoms with van der Waals surface area (Å²) >= 11 is 1.27. The van der Waals surface area contributed by atoms with E-state index in [2.05, 4.69) is 12.2 Å². The van der Waals surface area contributed by atoms with E-state index in [1.165, 1.54) is 63.1 Å². The van der Waals surface area contributed by atoms with Crippen molar-refractivity contribution in [2.45, 2.75) is 108 Å². The molecule has 3 atom stereocenters. The van der Waals surface area contributed by atoms with Crippen molar-refractivity contribution in [2.24, 2.45) is 5.73 Å². The van der Waals surface area contributed by atoms with E-state index in [1.54, 1.807) is 0 Å². The maximum absolute atomic E-state index is 11.8. The van der Waals surface area contributed by atoms with Gasteiger partial charge in [0.05, 0.1) is 12.1 Å². The molecule has 0 spiro atoms. The summed E-state index contributed by atoms with van der Waals surface area (Å²) in [5.41, 5.74) is 5.82. The highest BCUT2D eigenvalue weighted by molar-refractivity contribution is 8.00. The van der Waals surface area contributed by atoms with Crippen LogP contribution in [0.3, 0.4) is 0 Å². The van der Waals surface area contributed by atoms with Crippen LogP contribution < -0.4 is 11.1 Å². The van der Waals surface area contributed by atoms with E-state index >= 15 is 0 Å². The summed E-state index contributed by atoms with van der Waals surface area (Å²) in [7, 11) is 0. The number of rotatable bonds is 22. The molecule has 0 radical (unpaired) electrons. The summed E-state index contributed by atoms with van der Waals surface area (Å²) < 4.78 is 0. The van der Waals surface area contributed by atoms with Gasteiger partial charge >= 0.3 is 11.9 Å². The first kappa shape index (κ1) is 31.4. The van der Waals surface area contributed by atoms with Crippen molar-refractivity contribution in [3.05, 3.63) is 12.2 Å².